The van der Waals surface area contributed by atoms with Crippen LogP contribution in [-0.4, -0.2) is 39.6 Å². The largest absolute Gasteiger partial charge is 0.497 e. The van der Waals surface area contributed by atoms with Crippen molar-refractivity contribution >= 4 is 27.8 Å². The maximum Gasteiger partial charge on any atom is 0.163 e. The van der Waals surface area contributed by atoms with Gasteiger partial charge in [-0.3, -0.25) is 0 Å². The molecular weight excluding hydrogens is 524 g/mol. The third kappa shape index (κ3) is 4.26. The molecule has 7 heteroatoms. The van der Waals surface area contributed by atoms with Crippen LogP contribution >= 0.6 is 0 Å². The topological polar surface area (TPSA) is 70.4 Å². The number of nitrogens with zero attached hydrogens (tertiary/aromatic N) is 3. The highest BCUT2D eigenvalue weighted by Gasteiger charge is 2.75. The number of rotatable bonds is 8. The van der Waals surface area contributed by atoms with Gasteiger partial charge < -0.3 is 24.1 Å². The predicted octanol–water partition coefficient (Wildman–Crippen LogP) is 6.92. The molecule has 2 aliphatic carbocycles. The molecule has 4 heterocycles. The summed E-state index contributed by atoms with van der Waals surface area (Å²) in [5.41, 5.74) is 4.68. The van der Waals surface area contributed by atoms with E-state index in [1.54, 1.807) is 7.11 Å². The van der Waals surface area contributed by atoms with Crippen molar-refractivity contribution in [3.8, 4) is 5.75 Å². The van der Waals surface area contributed by atoms with Crippen LogP contribution in [0.15, 0.2) is 85.2 Å². The monoisotopic (exact) mass is 560 g/mol. The standard InChI is InChI=1S/C35H36N4O3/c1-34(2)41-31-30(39-18-15-25-5-4-17-36-33(25)39)27-20-35(27,32(31)42-34)16-14-22-6-9-24-10-13-29(38-28(24)19-22)37-21-23-7-11-26(40-3)12-8-23/h4-13,15,17-19,27,30-32H,14,16,20-21H2,1-3H3,(H,37,38)/t27-,30-,31+,32+,35?/m1/s1. The molecule has 0 spiro atoms. The molecule has 5 atom stereocenters. The van der Waals surface area contributed by atoms with E-state index in [0.717, 1.165) is 47.4 Å². The molecule has 3 fully saturated rings. The lowest BCUT2D eigenvalue weighted by atomic mass is 9.91. The van der Waals surface area contributed by atoms with E-state index in [9.17, 15) is 0 Å². The highest BCUT2D eigenvalue weighted by atomic mass is 16.8. The van der Waals surface area contributed by atoms with Gasteiger partial charge in [-0.15, -0.1) is 0 Å². The molecule has 3 aromatic heterocycles. The molecule has 1 saturated heterocycles. The number of methoxy groups -OCH3 is 1. The Labute approximate surface area is 245 Å². The summed E-state index contributed by atoms with van der Waals surface area (Å²) in [7, 11) is 1.69. The summed E-state index contributed by atoms with van der Waals surface area (Å²) in [5, 5.41) is 5.80. The van der Waals surface area contributed by atoms with Crippen molar-refractivity contribution in [1.29, 1.82) is 0 Å². The first kappa shape index (κ1) is 25.7. The zero-order chi connectivity index (χ0) is 28.5. The van der Waals surface area contributed by atoms with Crippen LogP contribution in [0.3, 0.4) is 0 Å². The van der Waals surface area contributed by atoms with Gasteiger partial charge in [-0.25, -0.2) is 9.97 Å². The van der Waals surface area contributed by atoms with E-state index in [1.807, 2.05) is 24.4 Å². The Morgan fingerprint density at radius 3 is 2.67 bits per heavy atom. The predicted molar refractivity (Wildman–Crippen MR) is 164 cm³/mol. The zero-order valence-corrected chi connectivity index (χ0v) is 24.3. The highest BCUT2D eigenvalue weighted by molar-refractivity contribution is 5.81. The first-order chi connectivity index (χ1) is 20.4. The number of anilines is 1. The normalized spacial score (nSPS) is 27.2. The first-order valence-corrected chi connectivity index (χ1v) is 15.0. The molecule has 3 aliphatic rings. The van der Waals surface area contributed by atoms with Crippen LogP contribution in [0.25, 0.3) is 21.9 Å². The third-order valence-electron chi connectivity index (χ3n) is 9.69. The summed E-state index contributed by atoms with van der Waals surface area (Å²) in [4.78, 5) is 9.68. The maximum atomic E-state index is 6.64. The van der Waals surface area contributed by atoms with E-state index < -0.39 is 5.79 Å². The van der Waals surface area contributed by atoms with Gasteiger partial charge in [-0.05, 0) is 98.7 Å². The van der Waals surface area contributed by atoms with Crippen LogP contribution in [0.5, 0.6) is 5.75 Å². The van der Waals surface area contributed by atoms with E-state index in [1.165, 1.54) is 16.5 Å². The van der Waals surface area contributed by atoms with Crippen molar-refractivity contribution < 1.29 is 14.2 Å². The second kappa shape index (κ2) is 9.54. The molecule has 42 heavy (non-hydrogen) atoms. The maximum absolute atomic E-state index is 6.64. The summed E-state index contributed by atoms with van der Waals surface area (Å²) < 4.78 is 20.8. The van der Waals surface area contributed by atoms with Gasteiger partial charge in [-0.1, -0.05) is 24.3 Å². The number of hydrogen-bond acceptors (Lipinski definition) is 6. The number of fused-ring (bicyclic) bond motifs is 5. The highest BCUT2D eigenvalue weighted by Crippen LogP contribution is 2.73. The Balaban J connectivity index is 1.01. The smallest absolute Gasteiger partial charge is 0.163 e. The molecule has 0 radical (unpaired) electrons. The van der Waals surface area contributed by atoms with E-state index in [4.69, 9.17) is 24.2 Å². The molecule has 214 valence electrons. The summed E-state index contributed by atoms with van der Waals surface area (Å²) in [6, 6.07) is 25.6. The summed E-state index contributed by atoms with van der Waals surface area (Å²) in [5.74, 6) is 1.69. The van der Waals surface area contributed by atoms with Crippen molar-refractivity contribution in [1.82, 2.24) is 14.5 Å². The quantitative estimate of drug-likeness (QED) is 0.222. The van der Waals surface area contributed by atoms with Gasteiger partial charge >= 0.3 is 0 Å². The molecule has 2 aromatic carbocycles. The average molecular weight is 561 g/mol. The summed E-state index contributed by atoms with van der Waals surface area (Å²) >= 11 is 0. The number of benzene rings is 2. The van der Waals surface area contributed by atoms with Crippen molar-refractivity contribution in [3.63, 3.8) is 0 Å². The van der Waals surface area contributed by atoms with Gasteiger partial charge in [0, 0.05) is 35.1 Å². The van der Waals surface area contributed by atoms with Gasteiger partial charge in [0.1, 0.15) is 23.3 Å². The second-order valence-electron chi connectivity index (χ2n) is 12.6. The lowest BCUT2D eigenvalue weighted by Crippen LogP contribution is -2.32. The molecule has 7 nitrogen and oxygen atoms in total. The van der Waals surface area contributed by atoms with Crippen LogP contribution < -0.4 is 10.1 Å². The van der Waals surface area contributed by atoms with E-state index in [0.29, 0.717) is 12.5 Å². The molecule has 1 unspecified atom stereocenters. The Bertz CT molecular complexity index is 1780. The Hall–Kier alpha value is -3.94. The molecule has 0 bridgehead atoms. The van der Waals surface area contributed by atoms with Gasteiger partial charge in [-0.2, -0.15) is 0 Å². The average Bonchev–Trinajstić information content (AvgIpc) is 3.27. The number of pyridine rings is 2. The van der Waals surface area contributed by atoms with E-state index in [2.05, 4.69) is 84.5 Å². The molecular formula is C35H36N4O3. The summed E-state index contributed by atoms with van der Waals surface area (Å²) in [6.07, 6.45) is 7.43. The fraction of sp³-hybridized carbons (Fsp3) is 0.371. The zero-order valence-electron chi connectivity index (χ0n) is 24.3. The molecule has 8 rings (SSSR count). The van der Waals surface area contributed by atoms with Crippen molar-refractivity contribution in [2.75, 3.05) is 12.4 Å². The lowest BCUT2D eigenvalue weighted by Gasteiger charge is -2.24. The van der Waals surface area contributed by atoms with Crippen LogP contribution in [-0.2, 0) is 22.4 Å². The van der Waals surface area contributed by atoms with Gasteiger partial charge in [0.15, 0.2) is 5.79 Å². The Morgan fingerprint density at radius 2 is 1.81 bits per heavy atom. The fourth-order valence-electron chi connectivity index (χ4n) is 7.59. The molecule has 5 aromatic rings. The van der Waals surface area contributed by atoms with Crippen molar-refractivity contribution in [2.45, 2.75) is 63.7 Å². The first-order valence-electron chi connectivity index (χ1n) is 15.0. The molecule has 2 saturated carbocycles. The van der Waals surface area contributed by atoms with Crippen molar-refractivity contribution in [2.24, 2.45) is 11.3 Å². The number of aryl methyl sites for hydroxylation is 1. The van der Waals surface area contributed by atoms with Crippen molar-refractivity contribution in [3.05, 3.63) is 96.3 Å². The van der Waals surface area contributed by atoms with E-state index in [-0.39, 0.29) is 23.7 Å². The number of hydrogen-bond donors (Lipinski definition) is 1. The SMILES string of the molecule is COc1ccc(CNc2ccc3ccc(CCC45C[C@@H]4[C@@H](n4ccc6cccnc64)[C@@H]4OC(C)(C)O[C@@H]45)cc3n2)cc1. The van der Waals surface area contributed by atoms with Crippen LogP contribution in [0, 0.1) is 11.3 Å². The van der Waals surface area contributed by atoms with Gasteiger partial charge in [0.25, 0.3) is 0 Å². The second-order valence-corrected chi connectivity index (χ2v) is 12.6. The fourth-order valence-corrected chi connectivity index (χ4v) is 7.59. The summed E-state index contributed by atoms with van der Waals surface area (Å²) in [6.45, 7) is 4.81. The van der Waals surface area contributed by atoms with Crippen LogP contribution in [0.2, 0.25) is 0 Å². The van der Waals surface area contributed by atoms with Crippen LogP contribution in [0.4, 0.5) is 5.82 Å². The molecule has 1 aliphatic heterocycles. The third-order valence-corrected chi connectivity index (χ3v) is 9.69. The minimum Gasteiger partial charge on any atom is -0.497 e. The number of ether oxygens (including phenoxy) is 3. The van der Waals surface area contributed by atoms with Crippen LogP contribution in [0.1, 0.15) is 43.9 Å². The number of aromatic nitrogens is 3. The Morgan fingerprint density at radius 1 is 0.976 bits per heavy atom. The Kier molecular flexibility index (Phi) is 5.85. The van der Waals surface area contributed by atoms with Gasteiger partial charge in [0.2, 0.25) is 0 Å². The number of nitrogens with one attached hydrogen (secondary N) is 1. The van der Waals surface area contributed by atoms with E-state index >= 15 is 0 Å². The minimum absolute atomic E-state index is 0.0361. The minimum atomic E-state index is -0.577. The molecule has 0 amide bonds. The lowest BCUT2D eigenvalue weighted by molar-refractivity contribution is -0.161. The van der Waals surface area contributed by atoms with Gasteiger partial charge in [0.05, 0.1) is 24.8 Å². The molecule has 1 N–H and O–H groups in total.